The minimum absolute atomic E-state index is 0.0777. The Balaban J connectivity index is 1.80. The van der Waals surface area contributed by atoms with Crippen molar-refractivity contribution >= 4 is 23.2 Å². The van der Waals surface area contributed by atoms with Crippen molar-refractivity contribution in [2.24, 2.45) is 0 Å². The van der Waals surface area contributed by atoms with E-state index in [9.17, 15) is 14.9 Å². The van der Waals surface area contributed by atoms with Crippen molar-refractivity contribution in [3.05, 3.63) is 81.5 Å². The van der Waals surface area contributed by atoms with Crippen molar-refractivity contribution in [2.75, 3.05) is 10.6 Å². The van der Waals surface area contributed by atoms with Crippen molar-refractivity contribution in [3.8, 4) is 0 Å². The summed E-state index contributed by atoms with van der Waals surface area (Å²) < 4.78 is 1.44. The highest BCUT2D eigenvalue weighted by atomic mass is 16.6. The zero-order chi connectivity index (χ0) is 19.7. The van der Waals surface area contributed by atoms with Gasteiger partial charge in [0.1, 0.15) is 6.04 Å². The summed E-state index contributed by atoms with van der Waals surface area (Å²) in [6.45, 7) is 1.74. The summed E-state index contributed by atoms with van der Waals surface area (Å²) in [7, 11) is 0. The van der Waals surface area contributed by atoms with E-state index in [1.807, 2.05) is 18.2 Å². The van der Waals surface area contributed by atoms with Crippen LogP contribution in [0.3, 0.4) is 0 Å². The van der Waals surface area contributed by atoms with Gasteiger partial charge in [0.15, 0.2) is 0 Å². The fraction of sp³-hybridized carbons (Fsp3) is 0.111. The van der Waals surface area contributed by atoms with Crippen LogP contribution in [0.5, 0.6) is 0 Å². The Bertz CT molecular complexity index is 1090. The second kappa shape index (κ2) is 6.91. The van der Waals surface area contributed by atoms with Crippen LogP contribution in [0.1, 0.15) is 18.5 Å². The number of nitrogens with zero attached hydrogens (tertiary/aromatic N) is 5. The van der Waals surface area contributed by atoms with Crippen LogP contribution in [-0.4, -0.2) is 31.0 Å². The molecule has 0 spiro atoms. The average Bonchev–Trinajstić information content (AvgIpc) is 3.15. The number of hydrogen-bond donors (Lipinski definition) is 2. The topological polar surface area (TPSA) is 128 Å². The lowest BCUT2D eigenvalue weighted by atomic mass is 9.94. The molecule has 0 radical (unpaired) electrons. The molecule has 1 atom stereocenters. The van der Waals surface area contributed by atoms with Crippen LogP contribution < -0.4 is 10.6 Å². The number of para-hydroxylation sites is 1. The number of amides is 1. The molecule has 140 valence electrons. The maximum Gasteiger partial charge on any atom is 0.269 e. The van der Waals surface area contributed by atoms with Gasteiger partial charge in [0, 0.05) is 23.5 Å². The molecule has 0 fully saturated rings. The van der Waals surface area contributed by atoms with Gasteiger partial charge in [-0.15, -0.1) is 0 Å². The van der Waals surface area contributed by atoms with Gasteiger partial charge in [-0.25, -0.2) is 0 Å². The van der Waals surface area contributed by atoms with Gasteiger partial charge < -0.3 is 10.6 Å². The molecule has 10 heteroatoms. The Hall–Kier alpha value is -4.08. The van der Waals surface area contributed by atoms with Gasteiger partial charge >= 0.3 is 0 Å². The molecule has 1 aliphatic rings. The highest BCUT2D eigenvalue weighted by molar-refractivity contribution is 6.06. The molecule has 3 aromatic rings. The van der Waals surface area contributed by atoms with Crippen LogP contribution in [0.2, 0.25) is 0 Å². The van der Waals surface area contributed by atoms with Gasteiger partial charge in [-0.05, 0) is 35.0 Å². The molecule has 1 aromatic heterocycles. The summed E-state index contributed by atoms with van der Waals surface area (Å²) in [6, 6.07) is 14.4. The number of anilines is 2. The number of nitro benzene ring substituents is 1. The Kier molecular flexibility index (Phi) is 4.28. The number of aromatic nitrogens is 4. The standard InChI is InChI=1S/C18H15N7O3/c1-11-15(17(26)20-13-7-3-2-4-8-13)16(24-18(19-11)21-22-23-24)12-6-5-9-14(10-12)25(27)28/h2-10,16H,1H3,(H,20,26)(H,19,21,23)/t16-/m1/s1. The van der Waals surface area contributed by atoms with Gasteiger partial charge in [0.2, 0.25) is 5.95 Å². The van der Waals surface area contributed by atoms with Crippen LogP contribution in [-0.2, 0) is 4.79 Å². The number of nitro groups is 1. The molecule has 2 N–H and O–H groups in total. The first-order valence-electron chi connectivity index (χ1n) is 8.41. The summed E-state index contributed by atoms with van der Waals surface area (Å²) in [5.74, 6) is -0.000812. The maximum absolute atomic E-state index is 13.1. The lowest BCUT2D eigenvalue weighted by Gasteiger charge is -2.27. The quantitative estimate of drug-likeness (QED) is 0.528. The molecule has 1 aliphatic heterocycles. The summed E-state index contributed by atoms with van der Waals surface area (Å²) in [5, 5.41) is 28.6. The first-order valence-corrected chi connectivity index (χ1v) is 8.41. The minimum Gasteiger partial charge on any atom is -0.326 e. The van der Waals surface area contributed by atoms with Crippen molar-refractivity contribution in [1.29, 1.82) is 0 Å². The first-order chi connectivity index (χ1) is 13.5. The number of allylic oxidation sites excluding steroid dienone is 1. The average molecular weight is 377 g/mol. The van der Waals surface area contributed by atoms with Crippen molar-refractivity contribution in [2.45, 2.75) is 13.0 Å². The second-order valence-electron chi connectivity index (χ2n) is 6.19. The van der Waals surface area contributed by atoms with Crippen LogP contribution >= 0.6 is 0 Å². The molecular weight excluding hydrogens is 362 g/mol. The smallest absolute Gasteiger partial charge is 0.269 e. The second-order valence-corrected chi connectivity index (χ2v) is 6.19. The largest absolute Gasteiger partial charge is 0.326 e. The van der Waals surface area contributed by atoms with E-state index in [0.29, 0.717) is 28.5 Å². The van der Waals surface area contributed by atoms with E-state index in [1.54, 1.807) is 31.2 Å². The molecule has 0 aliphatic carbocycles. The number of rotatable bonds is 4. The molecular formula is C18H15N7O3. The fourth-order valence-electron chi connectivity index (χ4n) is 3.14. The van der Waals surface area contributed by atoms with Gasteiger partial charge in [-0.3, -0.25) is 14.9 Å². The van der Waals surface area contributed by atoms with Crippen molar-refractivity contribution < 1.29 is 9.72 Å². The third-order valence-corrected chi connectivity index (χ3v) is 4.39. The van der Waals surface area contributed by atoms with E-state index >= 15 is 0 Å². The highest BCUT2D eigenvalue weighted by Crippen LogP contribution is 2.35. The number of nitrogens with one attached hydrogen (secondary N) is 2. The molecule has 0 unspecified atom stereocenters. The minimum atomic E-state index is -0.713. The van der Waals surface area contributed by atoms with Crippen LogP contribution in [0.25, 0.3) is 0 Å². The number of benzene rings is 2. The fourth-order valence-corrected chi connectivity index (χ4v) is 3.14. The van der Waals surface area contributed by atoms with Gasteiger partial charge in [-0.2, -0.15) is 4.68 Å². The predicted molar refractivity (Wildman–Crippen MR) is 100 cm³/mol. The lowest BCUT2D eigenvalue weighted by molar-refractivity contribution is -0.384. The van der Waals surface area contributed by atoms with E-state index in [2.05, 4.69) is 26.2 Å². The zero-order valence-electron chi connectivity index (χ0n) is 14.7. The summed E-state index contributed by atoms with van der Waals surface area (Å²) >= 11 is 0. The number of carbonyl (C=O) groups excluding carboxylic acids is 1. The predicted octanol–water partition coefficient (Wildman–Crippen LogP) is 2.51. The molecule has 4 rings (SSSR count). The third kappa shape index (κ3) is 3.07. The SMILES string of the molecule is CC1=C(C(=O)Nc2ccccc2)[C@@H](c2cccc([N+](=O)[O-])c2)n2nnnc2N1. The molecule has 10 nitrogen and oxygen atoms in total. The van der Waals surface area contributed by atoms with Crippen LogP contribution in [0.4, 0.5) is 17.3 Å². The van der Waals surface area contributed by atoms with Crippen LogP contribution in [0.15, 0.2) is 65.9 Å². The Morgan fingerprint density at radius 2 is 2.00 bits per heavy atom. The van der Waals surface area contributed by atoms with Gasteiger partial charge in [0.25, 0.3) is 11.6 Å². The summed E-state index contributed by atoms with van der Waals surface area (Å²) in [5.41, 5.74) is 2.01. The number of non-ortho nitro benzene ring substituents is 1. The van der Waals surface area contributed by atoms with E-state index in [4.69, 9.17) is 0 Å². The Labute approximate surface area is 159 Å². The number of fused-ring (bicyclic) bond motifs is 1. The molecule has 28 heavy (non-hydrogen) atoms. The highest BCUT2D eigenvalue weighted by Gasteiger charge is 2.34. The van der Waals surface area contributed by atoms with E-state index in [0.717, 1.165) is 0 Å². The molecule has 0 saturated carbocycles. The maximum atomic E-state index is 13.1. The zero-order valence-corrected chi connectivity index (χ0v) is 14.7. The normalized spacial score (nSPS) is 15.5. The lowest BCUT2D eigenvalue weighted by Crippen LogP contribution is -2.31. The van der Waals surface area contributed by atoms with Gasteiger partial charge in [0.05, 0.1) is 10.5 Å². The summed E-state index contributed by atoms with van der Waals surface area (Å²) in [6.07, 6.45) is 0. The molecule has 0 saturated heterocycles. The van der Waals surface area contributed by atoms with Crippen molar-refractivity contribution in [3.63, 3.8) is 0 Å². The third-order valence-electron chi connectivity index (χ3n) is 4.39. The molecule has 2 aromatic carbocycles. The number of hydrogen-bond acceptors (Lipinski definition) is 7. The molecule has 1 amide bonds. The van der Waals surface area contributed by atoms with E-state index in [-0.39, 0.29) is 11.6 Å². The Morgan fingerprint density at radius 1 is 1.21 bits per heavy atom. The number of tetrazole rings is 1. The van der Waals surface area contributed by atoms with Crippen molar-refractivity contribution in [1.82, 2.24) is 20.2 Å². The van der Waals surface area contributed by atoms with Gasteiger partial charge in [-0.1, -0.05) is 35.4 Å². The van der Waals surface area contributed by atoms with E-state index in [1.165, 1.54) is 16.8 Å². The first kappa shape index (κ1) is 17.3. The summed E-state index contributed by atoms with van der Waals surface area (Å²) in [4.78, 5) is 23.8. The molecule has 2 heterocycles. The monoisotopic (exact) mass is 377 g/mol. The van der Waals surface area contributed by atoms with Crippen LogP contribution in [0, 0.1) is 10.1 Å². The number of carbonyl (C=O) groups is 1. The van der Waals surface area contributed by atoms with E-state index < -0.39 is 11.0 Å². The molecule has 0 bridgehead atoms. The Morgan fingerprint density at radius 3 is 2.75 bits per heavy atom.